The van der Waals surface area contributed by atoms with Gasteiger partial charge < -0.3 is 10.5 Å². The smallest absolute Gasteiger partial charge is 0.120 e. The Morgan fingerprint density at radius 3 is 2.54 bits per heavy atom. The quantitative estimate of drug-likeness (QED) is 0.770. The van der Waals surface area contributed by atoms with Gasteiger partial charge in [-0.05, 0) is 44.0 Å². The van der Waals surface area contributed by atoms with Crippen LogP contribution < -0.4 is 10.5 Å². The fourth-order valence-electron chi connectivity index (χ4n) is 1.07. The van der Waals surface area contributed by atoms with Crippen LogP contribution in [0.5, 0.6) is 5.75 Å². The maximum Gasteiger partial charge on any atom is 0.120 e. The molecule has 0 radical (unpaired) electrons. The lowest BCUT2D eigenvalue weighted by atomic mass is 10.1. The van der Waals surface area contributed by atoms with Crippen LogP contribution in [-0.4, -0.2) is 12.6 Å². The average Bonchev–Trinajstić information content (AvgIpc) is 2.11. The van der Waals surface area contributed by atoms with Crippen molar-refractivity contribution in [1.82, 2.24) is 0 Å². The zero-order valence-electron chi connectivity index (χ0n) is 8.50. The van der Waals surface area contributed by atoms with E-state index in [1.165, 1.54) is 11.1 Å². The molecule has 1 rings (SSSR count). The van der Waals surface area contributed by atoms with E-state index in [2.05, 4.69) is 19.9 Å². The van der Waals surface area contributed by atoms with E-state index in [0.29, 0.717) is 6.54 Å². The topological polar surface area (TPSA) is 35.2 Å². The van der Waals surface area contributed by atoms with Gasteiger partial charge in [0.25, 0.3) is 0 Å². The van der Waals surface area contributed by atoms with Gasteiger partial charge in [-0.15, -0.1) is 0 Å². The molecule has 0 aromatic heterocycles. The molecule has 2 heteroatoms. The summed E-state index contributed by atoms with van der Waals surface area (Å²) in [6, 6.07) is 6.09. The number of hydrogen-bond acceptors (Lipinski definition) is 2. The molecule has 0 heterocycles. The molecule has 72 valence electrons. The van der Waals surface area contributed by atoms with Crippen LogP contribution in [0, 0.1) is 13.8 Å². The first-order valence-corrected chi connectivity index (χ1v) is 4.57. The van der Waals surface area contributed by atoms with E-state index in [1.807, 2.05) is 19.1 Å². The SMILES string of the molecule is Cc1ccc(OC(C)CN)cc1C. The van der Waals surface area contributed by atoms with Gasteiger partial charge in [-0.1, -0.05) is 6.07 Å². The van der Waals surface area contributed by atoms with Gasteiger partial charge in [0.15, 0.2) is 0 Å². The molecule has 13 heavy (non-hydrogen) atoms. The number of rotatable bonds is 3. The Balaban J connectivity index is 2.73. The van der Waals surface area contributed by atoms with Crippen molar-refractivity contribution in [3.63, 3.8) is 0 Å². The minimum atomic E-state index is 0.0853. The molecule has 0 aliphatic heterocycles. The Morgan fingerprint density at radius 1 is 1.31 bits per heavy atom. The second-order valence-corrected chi connectivity index (χ2v) is 3.41. The second-order valence-electron chi connectivity index (χ2n) is 3.41. The molecule has 0 bridgehead atoms. The lowest BCUT2D eigenvalue weighted by molar-refractivity contribution is 0.230. The average molecular weight is 179 g/mol. The normalized spacial score (nSPS) is 12.6. The lowest BCUT2D eigenvalue weighted by Gasteiger charge is -2.13. The molecule has 0 aliphatic carbocycles. The zero-order chi connectivity index (χ0) is 9.84. The Bertz CT molecular complexity index is 283. The van der Waals surface area contributed by atoms with Crippen molar-refractivity contribution in [2.45, 2.75) is 26.9 Å². The molecule has 0 spiro atoms. The van der Waals surface area contributed by atoms with Gasteiger partial charge in [0.05, 0.1) is 0 Å². The molecule has 1 aromatic carbocycles. The maximum atomic E-state index is 5.57. The summed E-state index contributed by atoms with van der Waals surface area (Å²) in [7, 11) is 0. The molecular weight excluding hydrogens is 162 g/mol. The number of benzene rings is 1. The van der Waals surface area contributed by atoms with E-state index in [9.17, 15) is 0 Å². The molecule has 0 aliphatic rings. The van der Waals surface area contributed by atoms with Gasteiger partial charge in [0.2, 0.25) is 0 Å². The third-order valence-electron chi connectivity index (χ3n) is 2.15. The lowest BCUT2D eigenvalue weighted by Crippen LogP contribution is -2.22. The van der Waals surface area contributed by atoms with Crippen molar-refractivity contribution in [1.29, 1.82) is 0 Å². The van der Waals surface area contributed by atoms with Crippen molar-refractivity contribution in [3.8, 4) is 5.75 Å². The van der Waals surface area contributed by atoms with E-state index in [1.54, 1.807) is 0 Å². The van der Waals surface area contributed by atoms with Gasteiger partial charge in [-0.3, -0.25) is 0 Å². The van der Waals surface area contributed by atoms with Crippen LogP contribution in [0.2, 0.25) is 0 Å². The van der Waals surface area contributed by atoms with E-state index in [4.69, 9.17) is 10.5 Å². The van der Waals surface area contributed by atoms with Crippen LogP contribution in [-0.2, 0) is 0 Å². The predicted molar refractivity (Wildman–Crippen MR) is 55.1 cm³/mol. The third-order valence-corrected chi connectivity index (χ3v) is 2.15. The highest BCUT2D eigenvalue weighted by molar-refractivity contribution is 5.33. The van der Waals surface area contributed by atoms with Crippen molar-refractivity contribution in [2.75, 3.05) is 6.54 Å². The minimum Gasteiger partial charge on any atom is -0.489 e. The predicted octanol–water partition coefficient (Wildman–Crippen LogP) is 2.03. The van der Waals surface area contributed by atoms with E-state index in [0.717, 1.165) is 5.75 Å². The summed E-state index contributed by atoms with van der Waals surface area (Å²) in [5.74, 6) is 0.904. The van der Waals surface area contributed by atoms with Gasteiger partial charge in [0.1, 0.15) is 11.9 Å². The van der Waals surface area contributed by atoms with Gasteiger partial charge >= 0.3 is 0 Å². The van der Waals surface area contributed by atoms with E-state index >= 15 is 0 Å². The summed E-state index contributed by atoms with van der Waals surface area (Å²) >= 11 is 0. The van der Waals surface area contributed by atoms with Crippen molar-refractivity contribution >= 4 is 0 Å². The first-order chi connectivity index (χ1) is 6.13. The van der Waals surface area contributed by atoms with Gasteiger partial charge in [-0.25, -0.2) is 0 Å². The molecule has 0 saturated heterocycles. The standard InChI is InChI=1S/C11H17NO/c1-8-4-5-11(6-9(8)2)13-10(3)7-12/h4-6,10H,7,12H2,1-3H3. The summed E-state index contributed by atoms with van der Waals surface area (Å²) in [5.41, 5.74) is 8.00. The molecule has 2 nitrogen and oxygen atoms in total. The minimum absolute atomic E-state index is 0.0853. The molecule has 0 saturated carbocycles. The van der Waals surface area contributed by atoms with Crippen LogP contribution in [0.3, 0.4) is 0 Å². The van der Waals surface area contributed by atoms with Crippen LogP contribution in [0.4, 0.5) is 0 Å². The molecule has 1 atom stereocenters. The first-order valence-electron chi connectivity index (χ1n) is 4.57. The fourth-order valence-corrected chi connectivity index (χ4v) is 1.07. The first kappa shape index (κ1) is 10.1. The van der Waals surface area contributed by atoms with Crippen LogP contribution in [0.15, 0.2) is 18.2 Å². The zero-order valence-corrected chi connectivity index (χ0v) is 8.50. The van der Waals surface area contributed by atoms with E-state index in [-0.39, 0.29) is 6.10 Å². The molecule has 2 N–H and O–H groups in total. The van der Waals surface area contributed by atoms with Crippen molar-refractivity contribution in [3.05, 3.63) is 29.3 Å². The summed E-state index contributed by atoms with van der Waals surface area (Å²) in [6.45, 7) is 6.68. The number of hydrogen-bond donors (Lipinski definition) is 1. The summed E-state index contributed by atoms with van der Waals surface area (Å²) in [5, 5.41) is 0. The highest BCUT2D eigenvalue weighted by Crippen LogP contribution is 2.17. The number of ether oxygens (including phenoxy) is 1. The van der Waals surface area contributed by atoms with Crippen LogP contribution in [0.1, 0.15) is 18.1 Å². The molecule has 1 unspecified atom stereocenters. The number of aryl methyl sites for hydroxylation is 2. The van der Waals surface area contributed by atoms with Gasteiger partial charge in [0, 0.05) is 6.54 Å². The van der Waals surface area contributed by atoms with Crippen molar-refractivity contribution < 1.29 is 4.74 Å². The molecule has 0 amide bonds. The highest BCUT2D eigenvalue weighted by Gasteiger charge is 2.01. The maximum absolute atomic E-state index is 5.57. The van der Waals surface area contributed by atoms with Gasteiger partial charge in [-0.2, -0.15) is 0 Å². The molecule has 1 aromatic rings. The highest BCUT2D eigenvalue weighted by atomic mass is 16.5. The molecular formula is C11H17NO. The number of nitrogens with two attached hydrogens (primary N) is 1. The third kappa shape index (κ3) is 2.74. The summed E-state index contributed by atoms with van der Waals surface area (Å²) in [6.07, 6.45) is 0.0853. The molecule has 0 fully saturated rings. The second kappa shape index (κ2) is 4.28. The van der Waals surface area contributed by atoms with Crippen LogP contribution in [0.25, 0.3) is 0 Å². The van der Waals surface area contributed by atoms with E-state index < -0.39 is 0 Å². The van der Waals surface area contributed by atoms with Crippen LogP contribution >= 0.6 is 0 Å². The monoisotopic (exact) mass is 179 g/mol. The summed E-state index contributed by atoms with van der Waals surface area (Å²) in [4.78, 5) is 0. The Morgan fingerprint density at radius 2 is 2.00 bits per heavy atom. The summed E-state index contributed by atoms with van der Waals surface area (Å²) < 4.78 is 5.57. The Kier molecular flexibility index (Phi) is 3.32. The fraction of sp³-hybridized carbons (Fsp3) is 0.455. The largest absolute Gasteiger partial charge is 0.489 e. The Labute approximate surface area is 79.7 Å². The Hall–Kier alpha value is -1.02. The van der Waals surface area contributed by atoms with Crippen molar-refractivity contribution in [2.24, 2.45) is 5.73 Å².